The molecule has 0 atom stereocenters. The number of nitrogens with zero attached hydrogens (tertiary/aromatic N) is 1. The first-order chi connectivity index (χ1) is 8.92. The fourth-order valence-electron chi connectivity index (χ4n) is 2.09. The molecule has 106 valence electrons. The van der Waals surface area contributed by atoms with Crippen LogP contribution in [0.15, 0.2) is 5.38 Å². The van der Waals surface area contributed by atoms with Crippen molar-refractivity contribution >= 4 is 17.3 Å². The van der Waals surface area contributed by atoms with Crippen molar-refractivity contribution in [2.24, 2.45) is 0 Å². The molecule has 6 heteroatoms. The lowest BCUT2D eigenvalue weighted by Gasteiger charge is -2.34. The van der Waals surface area contributed by atoms with Crippen molar-refractivity contribution in [2.45, 2.75) is 37.7 Å². The van der Waals surface area contributed by atoms with Crippen molar-refractivity contribution in [1.29, 1.82) is 0 Å². The fraction of sp³-hybridized carbons (Fsp3) is 0.692. The normalized spacial score (nSPS) is 19.3. The van der Waals surface area contributed by atoms with Crippen LogP contribution in [0.5, 0.6) is 0 Å². The van der Waals surface area contributed by atoms with Gasteiger partial charge >= 0.3 is 5.97 Å². The van der Waals surface area contributed by atoms with E-state index in [-0.39, 0.29) is 0 Å². The van der Waals surface area contributed by atoms with Crippen molar-refractivity contribution < 1.29 is 19.4 Å². The average Bonchev–Trinajstić information content (AvgIpc) is 2.90. The summed E-state index contributed by atoms with van der Waals surface area (Å²) in [4.78, 5) is 15.8. The number of aliphatic carboxylic acids is 1. The molecule has 0 spiro atoms. The van der Waals surface area contributed by atoms with Crippen LogP contribution in [0.1, 0.15) is 37.4 Å². The highest BCUT2D eigenvalue weighted by Crippen LogP contribution is 2.38. The number of carboxylic acid groups (broad SMARTS) is 1. The molecule has 5 nitrogen and oxygen atoms in total. The Morgan fingerprint density at radius 3 is 2.68 bits per heavy atom. The van der Waals surface area contributed by atoms with Gasteiger partial charge in [0, 0.05) is 38.5 Å². The number of rotatable bonds is 4. The van der Waals surface area contributed by atoms with E-state index in [4.69, 9.17) is 9.47 Å². The lowest BCUT2D eigenvalue weighted by molar-refractivity contribution is -0.142. The second kappa shape index (κ2) is 5.19. The van der Waals surface area contributed by atoms with Gasteiger partial charge in [0.15, 0.2) is 0 Å². The van der Waals surface area contributed by atoms with Gasteiger partial charge in [-0.05, 0) is 13.8 Å². The van der Waals surface area contributed by atoms with E-state index in [1.165, 1.54) is 11.3 Å². The molecule has 0 radical (unpaired) electrons. The fourth-order valence-corrected chi connectivity index (χ4v) is 3.31. The molecule has 1 fully saturated rings. The second-order valence-electron chi connectivity index (χ2n) is 5.28. The summed E-state index contributed by atoms with van der Waals surface area (Å²) in [5, 5.41) is 11.9. The summed E-state index contributed by atoms with van der Waals surface area (Å²) < 4.78 is 11.0. The van der Waals surface area contributed by atoms with Gasteiger partial charge in [-0.3, -0.25) is 4.79 Å². The molecule has 1 N–H and O–H groups in total. The van der Waals surface area contributed by atoms with Crippen molar-refractivity contribution in [2.75, 3.05) is 20.3 Å². The zero-order chi connectivity index (χ0) is 14.1. The summed E-state index contributed by atoms with van der Waals surface area (Å²) >= 11 is 1.47. The smallest absolute Gasteiger partial charge is 0.315 e. The van der Waals surface area contributed by atoms with Gasteiger partial charge in [0.25, 0.3) is 0 Å². The first-order valence-electron chi connectivity index (χ1n) is 6.25. The second-order valence-corrected chi connectivity index (χ2v) is 6.14. The molecule has 1 aliphatic rings. The molecular weight excluding hydrogens is 266 g/mol. The van der Waals surface area contributed by atoms with Gasteiger partial charge in [0.2, 0.25) is 0 Å². The third-order valence-electron chi connectivity index (χ3n) is 3.76. The van der Waals surface area contributed by atoms with Gasteiger partial charge in [-0.25, -0.2) is 4.98 Å². The number of ether oxygens (including phenoxy) is 2. The Balaban J connectivity index is 2.32. The van der Waals surface area contributed by atoms with Crippen LogP contribution in [0.3, 0.4) is 0 Å². The molecule has 0 amide bonds. The Kier molecular flexibility index (Phi) is 3.94. The lowest BCUT2D eigenvalue weighted by Crippen LogP contribution is -2.36. The van der Waals surface area contributed by atoms with Gasteiger partial charge in [-0.2, -0.15) is 0 Å². The van der Waals surface area contributed by atoms with Gasteiger partial charge in [-0.15, -0.1) is 11.3 Å². The Hall–Kier alpha value is -0.980. The predicted molar refractivity (Wildman–Crippen MR) is 71.5 cm³/mol. The number of hydrogen-bond donors (Lipinski definition) is 1. The highest BCUT2D eigenvalue weighted by molar-refractivity contribution is 7.09. The largest absolute Gasteiger partial charge is 0.481 e. The van der Waals surface area contributed by atoms with Crippen molar-refractivity contribution in [3.63, 3.8) is 0 Å². The van der Waals surface area contributed by atoms with Crippen LogP contribution in [-0.2, 0) is 25.3 Å². The van der Waals surface area contributed by atoms with E-state index in [0.29, 0.717) is 18.9 Å². The third kappa shape index (κ3) is 2.52. The summed E-state index contributed by atoms with van der Waals surface area (Å²) in [6, 6.07) is 0. The van der Waals surface area contributed by atoms with E-state index >= 15 is 0 Å². The van der Waals surface area contributed by atoms with Crippen molar-refractivity contribution in [3.05, 3.63) is 16.1 Å². The van der Waals surface area contributed by atoms with Gasteiger partial charge in [0.05, 0.1) is 5.69 Å². The zero-order valence-electron chi connectivity index (χ0n) is 11.4. The first-order valence-corrected chi connectivity index (χ1v) is 7.13. The molecule has 0 aliphatic carbocycles. The minimum Gasteiger partial charge on any atom is -0.481 e. The van der Waals surface area contributed by atoms with Crippen LogP contribution in [0.2, 0.25) is 0 Å². The Morgan fingerprint density at radius 2 is 2.16 bits per heavy atom. The summed E-state index contributed by atoms with van der Waals surface area (Å²) in [7, 11) is 1.68. The molecule has 1 aromatic heterocycles. The van der Waals surface area contributed by atoms with Gasteiger partial charge < -0.3 is 14.6 Å². The van der Waals surface area contributed by atoms with Crippen LogP contribution in [0, 0.1) is 0 Å². The Morgan fingerprint density at radius 1 is 1.53 bits per heavy atom. The number of carboxylic acids is 1. The van der Waals surface area contributed by atoms with Crippen molar-refractivity contribution in [3.8, 4) is 0 Å². The lowest BCUT2D eigenvalue weighted by atomic mass is 9.90. The van der Waals surface area contributed by atoms with E-state index in [2.05, 4.69) is 4.98 Å². The molecule has 0 saturated carbocycles. The molecule has 1 aliphatic heterocycles. The molecule has 0 aromatic carbocycles. The number of carbonyl (C=O) groups is 1. The molecule has 0 bridgehead atoms. The molecule has 2 rings (SSSR count). The van der Waals surface area contributed by atoms with E-state index in [1.807, 2.05) is 5.38 Å². The predicted octanol–water partition coefficient (Wildman–Crippen LogP) is 2.16. The SMILES string of the molecule is COC1(c2nc(C(C)(C)C(=O)O)cs2)CCOCC1. The number of aromatic nitrogens is 1. The Bertz CT molecular complexity index is 463. The maximum absolute atomic E-state index is 11.3. The molecule has 1 aromatic rings. The van der Waals surface area contributed by atoms with Crippen molar-refractivity contribution in [1.82, 2.24) is 4.98 Å². The summed E-state index contributed by atoms with van der Waals surface area (Å²) in [5.41, 5.74) is -0.812. The standard InChI is InChI=1S/C13H19NO4S/c1-12(2,11(15)16)9-8-19-10(14-9)13(17-3)4-6-18-7-5-13/h8H,4-7H2,1-3H3,(H,15,16). The minimum absolute atomic E-state index is 0.421. The molecule has 1 saturated heterocycles. The highest BCUT2D eigenvalue weighted by Gasteiger charge is 2.39. The average molecular weight is 285 g/mol. The number of thiazole rings is 1. The summed E-state index contributed by atoms with van der Waals surface area (Å²) in [6.07, 6.45) is 1.51. The molecule has 19 heavy (non-hydrogen) atoms. The molecule has 2 heterocycles. The van der Waals surface area contributed by atoms with Crippen LogP contribution in [0.25, 0.3) is 0 Å². The Labute approximate surface area is 116 Å². The van der Waals surface area contributed by atoms with Crippen LogP contribution < -0.4 is 0 Å². The van der Waals surface area contributed by atoms with E-state index in [1.54, 1.807) is 21.0 Å². The monoisotopic (exact) mass is 285 g/mol. The third-order valence-corrected chi connectivity index (χ3v) is 4.79. The highest BCUT2D eigenvalue weighted by atomic mass is 32.1. The number of hydrogen-bond acceptors (Lipinski definition) is 5. The first kappa shape index (κ1) is 14.4. The van der Waals surface area contributed by atoms with E-state index in [0.717, 1.165) is 17.8 Å². The van der Waals surface area contributed by atoms with Crippen LogP contribution in [0.4, 0.5) is 0 Å². The topological polar surface area (TPSA) is 68.7 Å². The van der Waals surface area contributed by atoms with E-state index < -0.39 is 17.0 Å². The van der Waals surface area contributed by atoms with Gasteiger partial charge in [-0.1, -0.05) is 0 Å². The van der Waals surface area contributed by atoms with Crippen LogP contribution >= 0.6 is 11.3 Å². The molecule has 0 unspecified atom stereocenters. The van der Waals surface area contributed by atoms with Gasteiger partial charge in [0.1, 0.15) is 16.0 Å². The maximum Gasteiger partial charge on any atom is 0.315 e. The molecular formula is C13H19NO4S. The minimum atomic E-state index is -0.977. The van der Waals surface area contributed by atoms with Crippen LogP contribution in [-0.4, -0.2) is 36.4 Å². The quantitative estimate of drug-likeness (QED) is 0.918. The summed E-state index contributed by atoms with van der Waals surface area (Å²) in [6.45, 7) is 4.62. The summed E-state index contributed by atoms with van der Waals surface area (Å²) in [5.74, 6) is -0.872. The zero-order valence-corrected chi connectivity index (χ0v) is 12.2. The van der Waals surface area contributed by atoms with E-state index in [9.17, 15) is 9.90 Å². The number of methoxy groups -OCH3 is 1. The maximum atomic E-state index is 11.3.